The fraction of sp³-hybridized carbons (Fsp3) is 0.533. The molecule has 0 saturated heterocycles. The lowest BCUT2D eigenvalue weighted by Crippen LogP contribution is -2.39. The van der Waals surface area contributed by atoms with E-state index in [0.717, 1.165) is 36.8 Å². The molecule has 1 aliphatic rings. The standard InChI is InChI=1S/C15H18F3NO3S/c1-23(21,22)9-14(20)19-13-4-2-3-12(13)10-5-7-11(8-6-10)15(16,17)18/h5-8,12-13H,2-4,9H2,1H3,(H,19,20)/t12-,13-/m1/s1. The minimum absolute atomic E-state index is 0.0965. The predicted molar refractivity (Wildman–Crippen MR) is 79.7 cm³/mol. The van der Waals surface area contributed by atoms with E-state index in [1.54, 1.807) is 0 Å². The van der Waals surface area contributed by atoms with E-state index in [0.29, 0.717) is 6.42 Å². The highest BCUT2D eigenvalue weighted by molar-refractivity contribution is 7.91. The number of alkyl halides is 3. The molecule has 1 aliphatic carbocycles. The minimum Gasteiger partial charge on any atom is -0.352 e. The van der Waals surface area contributed by atoms with Crippen molar-refractivity contribution in [2.24, 2.45) is 0 Å². The molecule has 0 radical (unpaired) electrons. The number of carbonyl (C=O) groups excluding carboxylic acids is 1. The first-order valence-electron chi connectivity index (χ1n) is 7.20. The van der Waals surface area contributed by atoms with Crippen molar-refractivity contribution in [2.75, 3.05) is 12.0 Å². The quantitative estimate of drug-likeness (QED) is 0.908. The third-order valence-electron chi connectivity index (χ3n) is 3.92. The third-order valence-corrected chi connectivity index (χ3v) is 4.71. The van der Waals surface area contributed by atoms with E-state index in [1.165, 1.54) is 12.1 Å². The molecular weight excluding hydrogens is 331 g/mol. The number of rotatable bonds is 4. The number of sulfone groups is 1. The van der Waals surface area contributed by atoms with Gasteiger partial charge in [-0.25, -0.2) is 8.42 Å². The Hall–Kier alpha value is -1.57. The van der Waals surface area contributed by atoms with Crippen molar-refractivity contribution in [1.29, 1.82) is 0 Å². The van der Waals surface area contributed by atoms with Crippen LogP contribution in [0.25, 0.3) is 0 Å². The Morgan fingerprint density at radius 1 is 1.22 bits per heavy atom. The molecule has 2 rings (SSSR count). The van der Waals surface area contributed by atoms with E-state index >= 15 is 0 Å². The number of halogens is 3. The summed E-state index contributed by atoms with van der Waals surface area (Å²) in [6, 6.07) is 4.66. The van der Waals surface area contributed by atoms with Crippen LogP contribution in [-0.4, -0.2) is 32.4 Å². The summed E-state index contributed by atoms with van der Waals surface area (Å²) in [7, 11) is -3.41. The van der Waals surface area contributed by atoms with Crippen molar-refractivity contribution in [1.82, 2.24) is 5.32 Å². The average Bonchev–Trinajstić information content (AvgIpc) is 2.83. The van der Waals surface area contributed by atoms with Gasteiger partial charge in [0.1, 0.15) is 5.75 Å². The summed E-state index contributed by atoms with van der Waals surface area (Å²) in [6.45, 7) is 0. The minimum atomic E-state index is -4.38. The topological polar surface area (TPSA) is 63.2 Å². The van der Waals surface area contributed by atoms with Crippen LogP contribution in [0.1, 0.15) is 36.3 Å². The van der Waals surface area contributed by atoms with Crippen LogP contribution < -0.4 is 5.32 Å². The van der Waals surface area contributed by atoms with Crippen molar-refractivity contribution in [3.63, 3.8) is 0 Å². The lowest BCUT2D eigenvalue weighted by molar-refractivity contribution is -0.137. The molecule has 0 unspecified atom stereocenters. The first kappa shape index (κ1) is 17.8. The molecule has 8 heteroatoms. The maximum Gasteiger partial charge on any atom is 0.416 e. The second-order valence-corrected chi connectivity index (χ2v) is 8.04. The average molecular weight is 349 g/mol. The Kier molecular flexibility index (Phi) is 5.03. The molecule has 1 aromatic carbocycles. The van der Waals surface area contributed by atoms with Gasteiger partial charge in [-0.2, -0.15) is 13.2 Å². The summed E-state index contributed by atoms with van der Waals surface area (Å²) in [5.74, 6) is -1.25. The zero-order valence-electron chi connectivity index (χ0n) is 12.6. The largest absolute Gasteiger partial charge is 0.416 e. The highest BCUT2D eigenvalue weighted by atomic mass is 32.2. The lowest BCUT2D eigenvalue weighted by Gasteiger charge is -2.21. The van der Waals surface area contributed by atoms with Crippen LogP contribution in [0.5, 0.6) is 0 Å². The van der Waals surface area contributed by atoms with Crippen LogP contribution in [-0.2, 0) is 20.8 Å². The van der Waals surface area contributed by atoms with Crippen molar-refractivity contribution < 1.29 is 26.4 Å². The molecule has 0 aromatic heterocycles. The summed E-state index contributed by atoms with van der Waals surface area (Å²) >= 11 is 0. The van der Waals surface area contributed by atoms with Gasteiger partial charge in [-0.1, -0.05) is 18.6 Å². The number of benzene rings is 1. The van der Waals surface area contributed by atoms with Crippen LogP contribution in [0.15, 0.2) is 24.3 Å². The normalized spacial score (nSPS) is 22.1. The van der Waals surface area contributed by atoms with Gasteiger partial charge < -0.3 is 5.32 Å². The number of nitrogens with one attached hydrogen (secondary N) is 1. The third kappa shape index (κ3) is 4.95. The summed E-state index contributed by atoms with van der Waals surface area (Å²) in [5.41, 5.74) is 0.0112. The van der Waals surface area contributed by atoms with Crippen molar-refractivity contribution in [2.45, 2.75) is 37.4 Å². The molecule has 23 heavy (non-hydrogen) atoms. The Morgan fingerprint density at radius 2 is 1.83 bits per heavy atom. The molecule has 1 amide bonds. The van der Waals surface area contributed by atoms with Gasteiger partial charge in [0, 0.05) is 18.2 Å². The molecule has 2 atom stereocenters. The smallest absolute Gasteiger partial charge is 0.352 e. The summed E-state index contributed by atoms with van der Waals surface area (Å²) in [4.78, 5) is 11.7. The monoisotopic (exact) mass is 349 g/mol. The van der Waals surface area contributed by atoms with Gasteiger partial charge in [-0.15, -0.1) is 0 Å². The Morgan fingerprint density at radius 3 is 2.35 bits per heavy atom. The van der Waals surface area contributed by atoms with Gasteiger partial charge in [-0.3, -0.25) is 4.79 Å². The molecule has 1 aromatic rings. The van der Waals surface area contributed by atoms with Gasteiger partial charge in [0.05, 0.1) is 5.56 Å². The number of hydrogen-bond donors (Lipinski definition) is 1. The highest BCUT2D eigenvalue weighted by Gasteiger charge is 2.33. The second kappa shape index (κ2) is 6.51. The Balaban J connectivity index is 2.08. The maximum atomic E-state index is 12.6. The number of amides is 1. The van der Waals surface area contributed by atoms with E-state index in [9.17, 15) is 26.4 Å². The van der Waals surface area contributed by atoms with Crippen LogP contribution in [0.3, 0.4) is 0 Å². The lowest BCUT2D eigenvalue weighted by atomic mass is 9.93. The van der Waals surface area contributed by atoms with Gasteiger partial charge >= 0.3 is 6.18 Å². The molecular formula is C15H18F3NO3S. The molecule has 0 bridgehead atoms. The molecule has 1 N–H and O–H groups in total. The summed E-state index contributed by atoms with van der Waals surface area (Å²) < 4.78 is 60.0. The van der Waals surface area contributed by atoms with Crippen molar-refractivity contribution in [3.8, 4) is 0 Å². The zero-order chi connectivity index (χ0) is 17.3. The number of hydrogen-bond acceptors (Lipinski definition) is 3. The zero-order valence-corrected chi connectivity index (χ0v) is 13.4. The van der Waals surface area contributed by atoms with Gasteiger partial charge in [0.2, 0.25) is 5.91 Å². The fourth-order valence-corrected chi connectivity index (χ4v) is 3.50. The fourth-order valence-electron chi connectivity index (χ4n) is 2.94. The Bertz CT molecular complexity index is 668. The molecule has 0 heterocycles. The summed E-state index contributed by atoms with van der Waals surface area (Å²) in [6.07, 6.45) is -1.14. The molecule has 0 spiro atoms. The van der Waals surface area contributed by atoms with Crippen LogP contribution in [0.2, 0.25) is 0 Å². The molecule has 128 valence electrons. The summed E-state index contributed by atoms with van der Waals surface area (Å²) in [5, 5.41) is 2.69. The Labute approximate surface area is 133 Å². The predicted octanol–water partition coefficient (Wildman–Crippen LogP) is 2.50. The first-order valence-corrected chi connectivity index (χ1v) is 9.26. The van der Waals surface area contributed by atoms with Gasteiger partial charge in [0.15, 0.2) is 9.84 Å². The molecule has 4 nitrogen and oxygen atoms in total. The van der Waals surface area contributed by atoms with Gasteiger partial charge in [-0.05, 0) is 30.5 Å². The molecule has 1 fully saturated rings. The number of carbonyl (C=O) groups is 1. The van der Waals surface area contributed by atoms with E-state index in [2.05, 4.69) is 5.32 Å². The van der Waals surface area contributed by atoms with Gasteiger partial charge in [0.25, 0.3) is 0 Å². The van der Waals surface area contributed by atoms with Crippen LogP contribution >= 0.6 is 0 Å². The maximum absolute atomic E-state index is 12.6. The van der Waals surface area contributed by atoms with E-state index in [-0.39, 0.29) is 12.0 Å². The first-order chi connectivity index (χ1) is 10.6. The molecule has 1 saturated carbocycles. The van der Waals surface area contributed by atoms with E-state index in [1.807, 2.05) is 0 Å². The van der Waals surface area contributed by atoms with Crippen LogP contribution in [0, 0.1) is 0 Å². The highest BCUT2D eigenvalue weighted by Crippen LogP contribution is 2.36. The SMILES string of the molecule is CS(=O)(=O)CC(=O)N[C@@H]1CCC[C@@H]1c1ccc(C(F)(F)F)cc1. The van der Waals surface area contributed by atoms with Crippen molar-refractivity contribution >= 4 is 15.7 Å². The second-order valence-electron chi connectivity index (χ2n) is 5.90. The van der Waals surface area contributed by atoms with Crippen LogP contribution in [0.4, 0.5) is 13.2 Å². The van der Waals surface area contributed by atoms with Crippen molar-refractivity contribution in [3.05, 3.63) is 35.4 Å². The van der Waals surface area contributed by atoms with E-state index in [4.69, 9.17) is 0 Å². The van der Waals surface area contributed by atoms with E-state index < -0.39 is 33.2 Å². The molecule has 0 aliphatic heterocycles.